The zero-order valence-corrected chi connectivity index (χ0v) is 14.1. The lowest BCUT2D eigenvalue weighted by Crippen LogP contribution is -2.36. The van der Waals surface area contributed by atoms with Crippen LogP contribution >= 0.6 is 0 Å². The summed E-state index contributed by atoms with van der Waals surface area (Å²) in [4.78, 5) is 27.7. The molecule has 3 rings (SSSR count). The van der Waals surface area contributed by atoms with E-state index in [4.69, 9.17) is 14.6 Å². The van der Waals surface area contributed by atoms with E-state index >= 15 is 0 Å². The minimum atomic E-state index is -1.41. The van der Waals surface area contributed by atoms with Crippen molar-refractivity contribution in [2.45, 2.75) is 31.1 Å². The summed E-state index contributed by atoms with van der Waals surface area (Å²) in [5, 5.41) is 31.2. The minimum absolute atomic E-state index is 0.0407. The number of carbonyl (C=O) groups excluding carboxylic acids is 1. The second-order valence-corrected chi connectivity index (χ2v) is 5.92. The number of nitrogens with zero attached hydrogens (tertiary/aromatic N) is 2. The van der Waals surface area contributed by atoms with Crippen LogP contribution < -0.4 is 11.0 Å². The van der Waals surface area contributed by atoms with Crippen molar-refractivity contribution in [1.29, 1.82) is 0 Å². The van der Waals surface area contributed by atoms with Crippen LogP contribution in [-0.4, -0.2) is 55.9 Å². The van der Waals surface area contributed by atoms with Crippen molar-refractivity contribution in [3.05, 3.63) is 58.6 Å². The molecule has 1 aliphatic rings. The first kappa shape index (κ1) is 19.0. The van der Waals surface area contributed by atoms with Crippen LogP contribution in [0.2, 0.25) is 0 Å². The molecule has 1 aliphatic heterocycles. The van der Waals surface area contributed by atoms with Crippen molar-refractivity contribution in [2.24, 2.45) is 0 Å². The number of anilines is 1. The molecule has 1 saturated heterocycles. The minimum Gasteiger partial charge on any atom is -0.444 e. The van der Waals surface area contributed by atoms with Gasteiger partial charge in [0.05, 0.1) is 6.61 Å². The normalized spacial score (nSPS) is 24.6. The van der Waals surface area contributed by atoms with Crippen LogP contribution in [0.15, 0.2) is 47.4 Å². The summed E-state index contributed by atoms with van der Waals surface area (Å²) >= 11 is 0. The molecule has 0 saturated carbocycles. The lowest BCUT2D eigenvalue weighted by Gasteiger charge is -2.17. The summed E-state index contributed by atoms with van der Waals surface area (Å²) in [5.74, 6) is -0.0407. The van der Waals surface area contributed by atoms with Crippen LogP contribution in [0.3, 0.4) is 0 Å². The highest BCUT2D eigenvalue weighted by atomic mass is 16.6. The van der Waals surface area contributed by atoms with Crippen molar-refractivity contribution in [1.82, 2.24) is 9.55 Å². The zero-order valence-electron chi connectivity index (χ0n) is 14.1. The molecule has 2 aromatic rings. The van der Waals surface area contributed by atoms with Crippen molar-refractivity contribution in [3.63, 3.8) is 0 Å². The number of hydrogen-bond acceptors (Lipinski definition) is 8. The summed E-state index contributed by atoms with van der Waals surface area (Å²) in [6.45, 7) is -0.448. The molecule has 4 N–H and O–H groups in total. The molecule has 10 heteroatoms. The highest BCUT2D eigenvalue weighted by molar-refractivity contribution is 5.83. The molecule has 27 heavy (non-hydrogen) atoms. The number of rotatable bonds is 5. The smallest absolute Gasteiger partial charge is 0.413 e. The molecule has 1 fully saturated rings. The lowest BCUT2D eigenvalue weighted by atomic mass is 10.1. The number of carbonyl (C=O) groups is 1. The summed E-state index contributed by atoms with van der Waals surface area (Å²) in [6, 6.07) is 10.4. The number of nitrogens with one attached hydrogen (secondary N) is 1. The van der Waals surface area contributed by atoms with Gasteiger partial charge in [-0.2, -0.15) is 4.98 Å². The maximum absolute atomic E-state index is 12.2. The fraction of sp³-hybridized carbons (Fsp3) is 0.353. The van der Waals surface area contributed by atoms with Gasteiger partial charge in [0, 0.05) is 6.20 Å². The van der Waals surface area contributed by atoms with Gasteiger partial charge in [-0.1, -0.05) is 30.3 Å². The van der Waals surface area contributed by atoms with Gasteiger partial charge in [0.25, 0.3) is 0 Å². The number of aromatic nitrogens is 2. The van der Waals surface area contributed by atoms with E-state index in [0.717, 1.165) is 10.1 Å². The van der Waals surface area contributed by atoms with Crippen LogP contribution in [0.25, 0.3) is 0 Å². The molecule has 1 aromatic heterocycles. The van der Waals surface area contributed by atoms with E-state index in [9.17, 15) is 19.8 Å². The molecule has 2 heterocycles. The Balaban J connectivity index is 1.63. The summed E-state index contributed by atoms with van der Waals surface area (Å²) in [6.07, 6.45) is -4.48. The third-order valence-electron chi connectivity index (χ3n) is 4.06. The Kier molecular flexibility index (Phi) is 5.81. The van der Waals surface area contributed by atoms with Gasteiger partial charge >= 0.3 is 11.8 Å². The van der Waals surface area contributed by atoms with E-state index in [1.54, 1.807) is 12.1 Å². The Hall–Kier alpha value is -2.79. The fourth-order valence-electron chi connectivity index (χ4n) is 2.65. The second-order valence-electron chi connectivity index (χ2n) is 5.92. The number of aliphatic hydroxyl groups excluding tert-OH is 3. The van der Waals surface area contributed by atoms with Crippen molar-refractivity contribution in [3.8, 4) is 0 Å². The van der Waals surface area contributed by atoms with Gasteiger partial charge in [-0.25, -0.2) is 9.59 Å². The average Bonchev–Trinajstić information content (AvgIpc) is 2.95. The SMILES string of the molecule is O=C(Nc1ccn([C@@H]2O[C@H](CO)[C@@H](O)[C@@H]2O)c(=O)n1)OCc1ccccc1. The topological polar surface area (TPSA) is 143 Å². The Morgan fingerprint density at radius 1 is 1.22 bits per heavy atom. The predicted octanol–water partition coefficient (Wildman–Crippen LogP) is -0.397. The molecule has 0 radical (unpaired) electrons. The number of hydrogen-bond donors (Lipinski definition) is 4. The monoisotopic (exact) mass is 377 g/mol. The Labute approximate surface area is 153 Å². The Bertz CT molecular complexity index is 842. The molecule has 144 valence electrons. The molecule has 10 nitrogen and oxygen atoms in total. The molecule has 0 aliphatic carbocycles. The van der Waals surface area contributed by atoms with Gasteiger partial charge in [0.1, 0.15) is 30.7 Å². The van der Waals surface area contributed by atoms with E-state index in [-0.39, 0.29) is 12.4 Å². The van der Waals surface area contributed by atoms with Crippen molar-refractivity contribution < 1.29 is 29.6 Å². The predicted molar refractivity (Wildman–Crippen MR) is 91.8 cm³/mol. The van der Waals surface area contributed by atoms with Gasteiger partial charge in [0.15, 0.2) is 6.23 Å². The van der Waals surface area contributed by atoms with E-state index in [0.29, 0.717) is 0 Å². The summed E-state index contributed by atoms with van der Waals surface area (Å²) in [5.41, 5.74) is -0.00825. The van der Waals surface area contributed by atoms with Gasteiger partial charge in [-0.3, -0.25) is 9.88 Å². The maximum Gasteiger partial charge on any atom is 0.413 e. The second kappa shape index (κ2) is 8.27. The van der Waals surface area contributed by atoms with Gasteiger partial charge < -0.3 is 24.8 Å². The molecule has 1 amide bonds. The molecular formula is C17H19N3O7. The third kappa shape index (κ3) is 4.31. The van der Waals surface area contributed by atoms with Crippen molar-refractivity contribution in [2.75, 3.05) is 11.9 Å². The van der Waals surface area contributed by atoms with Crippen LogP contribution in [0, 0.1) is 0 Å². The van der Waals surface area contributed by atoms with Crippen LogP contribution in [0.4, 0.5) is 10.6 Å². The number of aliphatic hydroxyl groups is 3. The number of ether oxygens (including phenoxy) is 2. The van der Waals surface area contributed by atoms with E-state index < -0.39 is 42.9 Å². The highest BCUT2D eigenvalue weighted by Gasteiger charge is 2.43. The van der Waals surface area contributed by atoms with Crippen LogP contribution in [-0.2, 0) is 16.1 Å². The summed E-state index contributed by atoms with van der Waals surface area (Å²) < 4.78 is 11.3. The molecule has 0 unspecified atom stereocenters. The van der Waals surface area contributed by atoms with E-state index in [2.05, 4.69) is 10.3 Å². The van der Waals surface area contributed by atoms with Gasteiger partial charge in [-0.15, -0.1) is 0 Å². The molecular weight excluding hydrogens is 358 g/mol. The van der Waals surface area contributed by atoms with Crippen molar-refractivity contribution >= 4 is 11.9 Å². The molecule has 4 atom stereocenters. The van der Waals surface area contributed by atoms with Gasteiger partial charge in [-0.05, 0) is 11.6 Å². The highest BCUT2D eigenvalue weighted by Crippen LogP contribution is 2.28. The first-order valence-electron chi connectivity index (χ1n) is 8.19. The largest absolute Gasteiger partial charge is 0.444 e. The van der Waals surface area contributed by atoms with Gasteiger partial charge in [0.2, 0.25) is 0 Å². The lowest BCUT2D eigenvalue weighted by molar-refractivity contribution is -0.0549. The first-order chi connectivity index (χ1) is 13.0. The fourth-order valence-corrected chi connectivity index (χ4v) is 2.65. The maximum atomic E-state index is 12.2. The average molecular weight is 377 g/mol. The van der Waals surface area contributed by atoms with Crippen LogP contribution in [0.5, 0.6) is 0 Å². The Morgan fingerprint density at radius 2 is 1.96 bits per heavy atom. The standard InChI is InChI=1S/C17H19N3O7/c21-8-11-13(22)14(23)15(27-11)20-7-6-12(18-16(20)24)19-17(25)26-9-10-4-2-1-3-5-10/h1-7,11,13-15,21-23H,8-9H2,(H,18,19,24,25)/t11-,13-,14+,15-/m1/s1. The van der Waals surface area contributed by atoms with E-state index in [1.807, 2.05) is 18.2 Å². The van der Waals surface area contributed by atoms with Crippen LogP contribution in [0.1, 0.15) is 11.8 Å². The third-order valence-corrected chi connectivity index (χ3v) is 4.06. The molecule has 0 spiro atoms. The number of amides is 1. The first-order valence-corrected chi connectivity index (χ1v) is 8.19. The number of benzene rings is 1. The molecule has 1 aromatic carbocycles. The Morgan fingerprint density at radius 3 is 2.59 bits per heavy atom. The van der Waals surface area contributed by atoms with E-state index in [1.165, 1.54) is 12.3 Å². The zero-order chi connectivity index (χ0) is 19.4. The quantitative estimate of drug-likeness (QED) is 0.551. The summed E-state index contributed by atoms with van der Waals surface area (Å²) in [7, 11) is 0. The molecule has 0 bridgehead atoms.